The number of rotatable bonds is 7. The van der Waals surface area contributed by atoms with Gasteiger partial charge < -0.3 is 18.9 Å². The third kappa shape index (κ3) is 4.13. The van der Waals surface area contributed by atoms with E-state index in [1.807, 2.05) is 23.1 Å². The number of likely N-dealkylation sites (tertiary alicyclic amines) is 1. The fourth-order valence-corrected chi connectivity index (χ4v) is 3.77. The third-order valence-corrected chi connectivity index (χ3v) is 5.50. The maximum Gasteiger partial charge on any atom is 0.231 e. The first kappa shape index (κ1) is 20.2. The molecule has 1 saturated heterocycles. The standard InChI is InChI=1S/C21H29N3O4/c1-5-14(6-2)21(25)24-11-7-8-16(13-24)20-22-19(23-28-20)15-9-10-17(26-3)18(12-15)27-4/h9-10,12,14,16H,5-8,11,13H2,1-4H3. The highest BCUT2D eigenvalue weighted by Gasteiger charge is 2.31. The van der Waals surface area contributed by atoms with Crippen LogP contribution in [0.15, 0.2) is 22.7 Å². The summed E-state index contributed by atoms with van der Waals surface area (Å²) >= 11 is 0. The van der Waals surface area contributed by atoms with Crippen molar-refractivity contribution in [3.8, 4) is 22.9 Å². The number of carbonyl (C=O) groups excluding carboxylic acids is 1. The van der Waals surface area contributed by atoms with E-state index in [9.17, 15) is 4.79 Å². The Balaban J connectivity index is 1.75. The summed E-state index contributed by atoms with van der Waals surface area (Å²) in [7, 11) is 3.19. The molecule has 3 rings (SSSR count). The molecule has 152 valence electrons. The normalized spacial score (nSPS) is 17.0. The summed E-state index contributed by atoms with van der Waals surface area (Å²) in [5.41, 5.74) is 0.799. The van der Waals surface area contributed by atoms with E-state index in [4.69, 9.17) is 14.0 Å². The van der Waals surface area contributed by atoms with Crippen LogP contribution in [0.4, 0.5) is 0 Å². The molecule has 28 heavy (non-hydrogen) atoms. The van der Waals surface area contributed by atoms with Crippen molar-refractivity contribution in [3.63, 3.8) is 0 Å². The molecule has 1 atom stereocenters. The van der Waals surface area contributed by atoms with Crippen LogP contribution in [0.25, 0.3) is 11.4 Å². The average molecular weight is 387 g/mol. The smallest absolute Gasteiger partial charge is 0.231 e. The van der Waals surface area contributed by atoms with Crippen molar-refractivity contribution in [1.29, 1.82) is 0 Å². The van der Waals surface area contributed by atoms with Crippen molar-refractivity contribution in [3.05, 3.63) is 24.1 Å². The SMILES string of the molecule is CCC(CC)C(=O)N1CCCC(c2nc(-c3ccc(OC)c(OC)c3)no2)C1. The summed E-state index contributed by atoms with van der Waals surface area (Å²) in [6, 6.07) is 5.53. The van der Waals surface area contributed by atoms with Crippen LogP contribution < -0.4 is 9.47 Å². The quantitative estimate of drug-likeness (QED) is 0.717. The van der Waals surface area contributed by atoms with Crippen LogP contribution >= 0.6 is 0 Å². The summed E-state index contributed by atoms with van der Waals surface area (Å²) in [6.07, 6.45) is 3.64. The van der Waals surface area contributed by atoms with Gasteiger partial charge in [0.2, 0.25) is 17.6 Å². The minimum atomic E-state index is 0.0773. The number of piperidine rings is 1. The molecule has 1 aliphatic rings. The Labute approximate surface area is 166 Å². The molecule has 7 heteroatoms. The highest BCUT2D eigenvalue weighted by molar-refractivity contribution is 5.79. The van der Waals surface area contributed by atoms with Gasteiger partial charge in [-0.25, -0.2) is 0 Å². The molecule has 0 bridgehead atoms. The molecule has 2 aromatic rings. The Morgan fingerprint density at radius 3 is 2.68 bits per heavy atom. The molecule has 1 aromatic heterocycles. The lowest BCUT2D eigenvalue weighted by molar-refractivity contribution is -0.137. The van der Waals surface area contributed by atoms with Crippen molar-refractivity contribution in [1.82, 2.24) is 15.0 Å². The lowest BCUT2D eigenvalue weighted by atomic mass is 9.95. The average Bonchev–Trinajstić information content (AvgIpc) is 3.24. The Morgan fingerprint density at radius 1 is 1.25 bits per heavy atom. The molecule has 0 radical (unpaired) electrons. The van der Waals surface area contributed by atoms with Gasteiger partial charge in [-0.05, 0) is 43.9 Å². The molecular weight excluding hydrogens is 358 g/mol. The highest BCUT2D eigenvalue weighted by atomic mass is 16.5. The molecule has 0 saturated carbocycles. The number of benzene rings is 1. The Kier molecular flexibility index (Phi) is 6.54. The molecule has 0 aliphatic carbocycles. The van der Waals surface area contributed by atoms with Gasteiger partial charge in [0.15, 0.2) is 11.5 Å². The van der Waals surface area contributed by atoms with Gasteiger partial charge in [0.25, 0.3) is 0 Å². The molecule has 0 spiro atoms. The first-order valence-electron chi connectivity index (χ1n) is 9.96. The minimum absolute atomic E-state index is 0.0773. The van der Waals surface area contributed by atoms with Gasteiger partial charge in [-0.1, -0.05) is 19.0 Å². The van der Waals surface area contributed by atoms with E-state index in [1.54, 1.807) is 14.2 Å². The van der Waals surface area contributed by atoms with Crippen molar-refractivity contribution >= 4 is 5.91 Å². The minimum Gasteiger partial charge on any atom is -0.493 e. The molecule has 0 N–H and O–H groups in total. The van der Waals surface area contributed by atoms with E-state index >= 15 is 0 Å². The molecule has 1 aliphatic heterocycles. The van der Waals surface area contributed by atoms with Crippen LogP contribution in [-0.4, -0.2) is 48.3 Å². The third-order valence-electron chi connectivity index (χ3n) is 5.50. The van der Waals surface area contributed by atoms with Gasteiger partial charge in [0, 0.05) is 24.6 Å². The monoisotopic (exact) mass is 387 g/mol. The summed E-state index contributed by atoms with van der Waals surface area (Å²) in [5.74, 6) is 2.79. The Morgan fingerprint density at radius 2 is 2.00 bits per heavy atom. The Bertz CT molecular complexity index is 801. The predicted octanol–water partition coefficient (Wildman–Crippen LogP) is 3.90. The summed E-state index contributed by atoms with van der Waals surface area (Å²) < 4.78 is 16.2. The number of carbonyl (C=O) groups is 1. The van der Waals surface area contributed by atoms with E-state index in [-0.39, 0.29) is 17.7 Å². The van der Waals surface area contributed by atoms with Crippen LogP contribution in [0.5, 0.6) is 11.5 Å². The van der Waals surface area contributed by atoms with E-state index < -0.39 is 0 Å². The number of amides is 1. The zero-order valence-electron chi connectivity index (χ0n) is 17.1. The fraction of sp³-hybridized carbons (Fsp3) is 0.571. The Hall–Kier alpha value is -2.57. The van der Waals surface area contributed by atoms with Crippen LogP contribution in [0, 0.1) is 5.92 Å². The number of nitrogens with zero attached hydrogens (tertiary/aromatic N) is 3. The number of hydrogen-bond donors (Lipinski definition) is 0. The fourth-order valence-electron chi connectivity index (χ4n) is 3.77. The van der Waals surface area contributed by atoms with Gasteiger partial charge in [-0.2, -0.15) is 4.98 Å². The van der Waals surface area contributed by atoms with Crippen LogP contribution in [0.3, 0.4) is 0 Å². The van der Waals surface area contributed by atoms with E-state index in [1.165, 1.54) is 0 Å². The first-order valence-corrected chi connectivity index (χ1v) is 9.96. The second-order valence-corrected chi connectivity index (χ2v) is 7.16. The summed E-state index contributed by atoms with van der Waals surface area (Å²) in [4.78, 5) is 19.3. The second kappa shape index (κ2) is 9.08. The van der Waals surface area contributed by atoms with Gasteiger partial charge in [0.1, 0.15) is 0 Å². The van der Waals surface area contributed by atoms with Crippen molar-refractivity contribution < 1.29 is 18.8 Å². The van der Waals surface area contributed by atoms with Crippen molar-refractivity contribution in [2.45, 2.75) is 45.4 Å². The number of methoxy groups -OCH3 is 2. The van der Waals surface area contributed by atoms with Crippen molar-refractivity contribution in [2.75, 3.05) is 27.3 Å². The van der Waals surface area contributed by atoms with Gasteiger partial charge >= 0.3 is 0 Å². The zero-order valence-corrected chi connectivity index (χ0v) is 17.1. The van der Waals surface area contributed by atoms with Gasteiger partial charge in [-0.15, -0.1) is 0 Å². The lowest BCUT2D eigenvalue weighted by Gasteiger charge is -2.33. The van der Waals surface area contributed by atoms with Gasteiger partial charge in [0.05, 0.1) is 20.1 Å². The summed E-state index contributed by atoms with van der Waals surface area (Å²) in [5, 5.41) is 4.14. The predicted molar refractivity (Wildman–Crippen MR) is 105 cm³/mol. The molecule has 1 unspecified atom stereocenters. The van der Waals surface area contributed by atoms with Crippen LogP contribution in [-0.2, 0) is 4.79 Å². The molecule has 1 fully saturated rings. The maximum atomic E-state index is 12.7. The zero-order chi connectivity index (χ0) is 20.1. The molecular formula is C21H29N3O4. The van der Waals surface area contributed by atoms with E-state index in [0.29, 0.717) is 29.8 Å². The van der Waals surface area contributed by atoms with Crippen LogP contribution in [0.2, 0.25) is 0 Å². The topological polar surface area (TPSA) is 77.7 Å². The lowest BCUT2D eigenvalue weighted by Crippen LogP contribution is -2.42. The van der Waals surface area contributed by atoms with E-state index in [2.05, 4.69) is 24.0 Å². The largest absolute Gasteiger partial charge is 0.493 e. The van der Waals surface area contributed by atoms with Crippen LogP contribution in [0.1, 0.15) is 51.3 Å². The molecule has 7 nitrogen and oxygen atoms in total. The molecule has 2 heterocycles. The first-order chi connectivity index (χ1) is 13.6. The summed E-state index contributed by atoms with van der Waals surface area (Å²) in [6.45, 7) is 5.59. The van der Waals surface area contributed by atoms with Crippen molar-refractivity contribution in [2.24, 2.45) is 5.92 Å². The highest BCUT2D eigenvalue weighted by Crippen LogP contribution is 2.33. The second-order valence-electron chi connectivity index (χ2n) is 7.16. The number of hydrogen-bond acceptors (Lipinski definition) is 6. The maximum absolute atomic E-state index is 12.7. The number of aromatic nitrogens is 2. The number of ether oxygens (including phenoxy) is 2. The molecule has 1 amide bonds. The van der Waals surface area contributed by atoms with Gasteiger partial charge in [-0.3, -0.25) is 4.79 Å². The molecule has 1 aromatic carbocycles. The van der Waals surface area contributed by atoms with E-state index in [0.717, 1.165) is 37.8 Å².